The highest BCUT2D eigenvalue weighted by Crippen LogP contribution is 2.27. The Morgan fingerprint density at radius 1 is 1.31 bits per heavy atom. The number of pyridine rings is 1. The Kier molecular flexibility index (Phi) is 9.20. The first kappa shape index (κ1) is 27.8. The average Bonchev–Trinajstić information content (AvgIpc) is 3.23. The van der Waals surface area contributed by atoms with Crippen LogP contribution in [0.1, 0.15) is 24.6 Å². The predicted octanol–water partition coefficient (Wildman–Crippen LogP) is 4.52. The number of benzene rings is 1. The van der Waals surface area contributed by atoms with Crippen molar-refractivity contribution in [2.24, 2.45) is 0 Å². The number of carbonyl (C=O) groups excluding carboxylic acids is 1. The molecular formula is C24H28F3N4O4S. The van der Waals surface area contributed by atoms with Crippen LogP contribution in [0.25, 0.3) is 11.0 Å². The second-order valence-electron chi connectivity index (χ2n) is 8.03. The van der Waals surface area contributed by atoms with E-state index in [9.17, 15) is 22.5 Å². The molecule has 195 valence electrons. The molecule has 8 nitrogen and oxygen atoms in total. The number of hydrogen-bond acceptors (Lipinski definition) is 6. The van der Waals surface area contributed by atoms with Crippen LogP contribution in [0.5, 0.6) is 5.75 Å². The fourth-order valence-corrected chi connectivity index (χ4v) is 4.67. The summed E-state index contributed by atoms with van der Waals surface area (Å²) in [5.74, 6) is -0.180. The van der Waals surface area contributed by atoms with E-state index in [2.05, 4.69) is 16.9 Å². The lowest BCUT2D eigenvalue weighted by Crippen LogP contribution is -2.39. The maximum absolute atomic E-state index is 13.5. The van der Waals surface area contributed by atoms with Crippen molar-refractivity contribution in [3.63, 3.8) is 0 Å². The van der Waals surface area contributed by atoms with Gasteiger partial charge in [-0.2, -0.15) is 18.2 Å². The van der Waals surface area contributed by atoms with Crippen molar-refractivity contribution in [1.82, 2.24) is 19.4 Å². The van der Waals surface area contributed by atoms with Crippen LogP contribution in [0, 0.1) is 13.8 Å². The second-order valence-corrected chi connectivity index (χ2v) is 9.37. The van der Waals surface area contributed by atoms with Crippen LogP contribution in [-0.4, -0.2) is 69.1 Å². The zero-order valence-corrected chi connectivity index (χ0v) is 21.1. The molecule has 0 fully saturated rings. The number of halogens is 3. The summed E-state index contributed by atoms with van der Waals surface area (Å²) in [5, 5.41) is 0.00729. The summed E-state index contributed by atoms with van der Waals surface area (Å²) in [6.45, 7) is 6.98. The molecule has 0 spiro atoms. The standard InChI is InChI=1S/C24H28F3N4O4S/c1-5-34-13-11-16(2)30(4)23(32)31-20-9-7-6-8-18(20)29-22(31)36(33)14-19-17(3)21(10-12-28-19)35-15-24(25,26)27/h6-10,12,16H,2,5,11,13-15H2,1,3-4H3. The van der Waals surface area contributed by atoms with Crippen LogP contribution in [0.4, 0.5) is 18.0 Å². The quantitative estimate of drug-likeness (QED) is 0.286. The summed E-state index contributed by atoms with van der Waals surface area (Å²) in [6, 6.07) is 7.34. The molecule has 2 unspecified atom stereocenters. The molecule has 1 amide bonds. The van der Waals surface area contributed by atoms with E-state index in [1.54, 1.807) is 38.2 Å². The maximum atomic E-state index is 13.5. The third-order valence-electron chi connectivity index (χ3n) is 5.49. The van der Waals surface area contributed by atoms with Gasteiger partial charge in [0.15, 0.2) is 12.4 Å². The van der Waals surface area contributed by atoms with Gasteiger partial charge in [0, 0.05) is 49.2 Å². The minimum atomic E-state index is -4.50. The molecule has 0 N–H and O–H groups in total. The fourth-order valence-electron chi connectivity index (χ4n) is 3.42. The molecule has 3 aromatic rings. The summed E-state index contributed by atoms with van der Waals surface area (Å²) in [7, 11) is 1.60. The molecule has 0 saturated heterocycles. The van der Waals surface area contributed by atoms with Gasteiger partial charge in [0.05, 0.1) is 16.7 Å². The SMILES string of the molecule is [CH2]C(CCOCC)N(C)C(=O)n1c([S+]([O-])Cc2nccc(OCC(F)(F)F)c2C)nc2ccccc21. The van der Waals surface area contributed by atoms with Crippen LogP contribution < -0.4 is 4.74 Å². The van der Waals surface area contributed by atoms with Gasteiger partial charge < -0.3 is 18.9 Å². The number of carbonyl (C=O) groups is 1. The number of amides is 1. The first-order valence-corrected chi connectivity index (χ1v) is 12.5. The number of ether oxygens (including phenoxy) is 2. The van der Waals surface area contributed by atoms with Crippen molar-refractivity contribution in [1.29, 1.82) is 0 Å². The number of alkyl halides is 3. The van der Waals surface area contributed by atoms with Crippen molar-refractivity contribution in [2.75, 3.05) is 26.9 Å². The first-order chi connectivity index (χ1) is 17.0. The number of nitrogens with zero attached hydrogens (tertiary/aromatic N) is 4. The molecule has 0 aliphatic heterocycles. The molecule has 2 atom stereocenters. The third-order valence-corrected chi connectivity index (χ3v) is 6.71. The Morgan fingerprint density at radius 3 is 2.72 bits per heavy atom. The van der Waals surface area contributed by atoms with Gasteiger partial charge in [-0.1, -0.05) is 12.1 Å². The molecule has 1 aromatic carbocycles. The number of imidazole rings is 1. The average molecular weight is 526 g/mol. The maximum Gasteiger partial charge on any atom is 0.422 e. The van der Waals surface area contributed by atoms with E-state index in [-0.39, 0.29) is 22.4 Å². The van der Waals surface area contributed by atoms with E-state index < -0.39 is 36.0 Å². The Hall–Kier alpha value is -2.83. The second kappa shape index (κ2) is 11.9. The van der Waals surface area contributed by atoms with Crippen LogP contribution in [0.2, 0.25) is 0 Å². The Morgan fingerprint density at radius 2 is 2.03 bits per heavy atom. The van der Waals surface area contributed by atoms with Gasteiger partial charge in [0.25, 0.3) is 0 Å². The summed E-state index contributed by atoms with van der Waals surface area (Å²) >= 11 is -1.86. The lowest BCUT2D eigenvalue weighted by molar-refractivity contribution is -0.153. The minimum Gasteiger partial charge on any atom is -0.609 e. The zero-order valence-electron chi connectivity index (χ0n) is 20.2. The first-order valence-electron chi connectivity index (χ1n) is 11.2. The van der Waals surface area contributed by atoms with E-state index >= 15 is 0 Å². The van der Waals surface area contributed by atoms with Crippen molar-refractivity contribution in [3.05, 3.63) is 54.7 Å². The largest absolute Gasteiger partial charge is 0.609 e. The fraction of sp³-hybridized carbons (Fsp3) is 0.417. The molecule has 0 aliphatic carbocycles. The van der Waals surface area contributed by atoms with Crippen LogP contribution in [0.15, 0.2) is 41.7 Å². The third kappa shape index (κ3) is 6.68. The molecule has 0 saturated carbocycles. The molecule has 12 heteroatoms. The van der Waals surface area contributed by atoms with Crippen molar-refractivity contribution < 1.29 is 32.0 Å². The Bertz CT molecular complexity index is 1190. The van der Waals surface area contributed by atoms with Crippen molar-refractivity contribution >= 4 is 28.2 Å². The molecule has 36 heavy (non-hydrogen) atoms. The lowest BCUT2D eigenvalue weighted by atomic mass is 10.2. The molecular weight excluding hydrogens is 497 g/mol. The van der Waals surface area contributed by atoms with Gasteiger partial charge in [0.2, 0.25) is 0 Å². The van der Waals surface area contributed by atoms with Crippen molar-refractivity contribution in [3.8, 4) is 5.75 Å². The van der Waals surface area contributed by atoms with Crippen LogP contribution >= 0.6 is 0 Å². The van der Waals surface area contributed by atoms with Crippen LogP contribution in [-0.2, 0) is 21.7 Å². The van der Waals surface area contributed by atoms with E-state index in [0.29, 0.717) is 36.2 Å². The number of rotatable bonds is 10. The molecule has 1 radical (unpaired) electrons. The number of para-hydroxylation sites is 2. The highest BCUT2D eigenvalue weighted by Gasteiger charge is 2.31. The normalized spacial score (nSPS) is 13.6. The smallest absolute Gasteiger partial charge is 0.422 e. The highest BCUT2D eigenvalue weighted by atomic mass is 32.2. The Labute approximate surface area is 210 Å². The number of aromatic nitrogens is 3. The Balaban J connectivity index is 1.90. The molecule has 2 aromatic heterocycles. The molecule has 0 bridgehead atoms. The summed E-state index contributed by atoms with van der Waals surface area (Å²) in [5.41, 5.74) is 1.56. The molecule has 2 heterocycles. The van der Waals surface area contributed by atoms with Crippen molar-refractivity contribution in [2.45, 2.75) is 43.4 Å². The van der Waals surface area contributed by atoms with E-state index in [4.69, 9.17) is 9.47 Å². The summed E-state index contributed by atoms with van der Waals surface area (Å²) < 4.78 is 62.7. The summed E-state index contributed by atoms with van der Waals surface area (Å²) in [4.78, 5) is 23.5. The van der Waals surface area contributed by atoms with Gasteiger partial charge in [-0.3, -0.25) is 4.98 Å². The monoisotopic (exact) mass is 525 g/mol. The molecule has 3 rings (SSSR count). The van der Waals surface area contributed by atoms with Gasteiger partial charge in [-0.25, -0.2) is 9.36 Å². The number of fused-ring (bicyclic) bond motifs is 1. The van der Waals surface area contributed by atoms with E-state index in [0.717, 1.165) is 0 Å². The lowest BCUT2D eigenvalue weighted by Gasteiger charge is -2.25. The summed E-state index contributed by atoms with van der Waals surface area (Å²) in [6.07, 6.45) is -2.70. The van der Waals surface area contributed by atoms with Gasteiger partial charge in [-0.05, 0) is 45.4 Å². The predicted molar refractivity (Wildman–Crippen MR) is 129 cm³/mol. The highest BCUT2D eigenvalue weighted by molar-refractivity contribution is 7.90. The van der Waals surface area contributed by atoms with Crippen LogP contribution in [0.3, 0.4) is 0 Å². The number of hydrogen-bond donors (Lipinski definition) is 0. The van der Waals surface area contributed by atoms with E-state index in [1.807, 2.05) is 6.92 Å². The zero-order chi connectivity index (χ0) is 26.5. The van der Waals surface area contributed by atoms with Gasteiger partial charge in [0.1, 0.15) is 5.75 Å². The van der Waals surface area contributed by atoms with E-state index in [1.165, 1.54) is 21.7 Å². The van der Waals surface area contributed by atoms with Gasteiger partial charge >= 0.3 is 17.4 Å². The minimum absolute atomic E-state index is 0.00663. The van der Waals surface area contributed by atoms with Gasteiger partial charge in [-0.15, -0.1) is 0 Å². The topological polar surface area (TPSA) is 92.5 Å². The molecule has 0 aliphatic rings.